The average Bonchev–Trinajstić information content (AvgIpc) is 3.53. The molecule has 0 bridgehead atoms. The Morgan fingerprint density at radius 2 is 1.06 bits per heavy atom. The molecule has 0 spiro atoms. The van der Waals surface area contributed by atoms with Crippen LogP contribution >= 0.6 is 0 Å². The van der Waals surface area contributed by atoms with Crippen LogP contribution in [-0.2, 0) is 10.8 Å². The highest BCUT2D eigenvalue weighted by atomic mass is 16.5. The maximum Gasteiger partial charge on any atom is 0.260 e. The van der Waals surface area contributed by atoms with E-state index in [1.54, 1.807) is 0 Å². The zero-order valence-electron chi connectivity index (χ0n) is 31.0. The van der Waals surface area contributed by atoms with Gasteiger partial charge in [0.25, 0.3) is 6.71 Å². The van der Waals surface area contributed by atoms with Crippen LogP contribution in [0, 0.1) is 0 Å². The molecule has 0 unspecified atom stereocenters. The number of ether oxygens (including phenoxy) is 2. The van der Waals surface area contributed by atoms with Crippen LogP contribution in [0.15, 0.2) is 138 Å². The molecule has 0 atom stereocenters. The minimum atomic E-state index is -0.0753. The summed E-state index contributed by atoms with van der Waals surface area (Å²) < 4.78 is 20.9. The summed E-state index contributed by atoms with van der Waals surface area (Å²) in [4.78, 5) is 2.31. The van der Waals surface area contributed by atoms with Crippen LogP contribution in [0.2, 0.25) is 0 Å². The van der Waals surface area contributed by atoms with Gasteiger partial charge in [-0.1, -0.05) is 126 Å². The highest BCUT2D eigenvalue weighted by Crippen LogP contribution is 2.48. The molecule has 0 aliphatic carbocycles. The standard InChI is InChI=1S/C48H40BNO3/c1-47(2,3)29-21-23-39-36(25-29)49-37-26-30(48(4,5)6)22-24-40(37)52-46-44(49)42(51-39)27-35-43-34-20-14-13-19-33(34)38(28-41(43)53-45(35)46)50(31-15-9-7-10-16-31)32-17-11-8-12-18-32/h7-28H,1-6H3. The molecule has 0 saturated carbocycles. The van der Waals surface area contributed by atoms with Crippen molar-refractivity contribution in [2.45, 2.75) is 52.4 Å². The molecule has 53 heavy (non-hydrogen) atoms. The maximum atomic E-state index is 7.05. The molecule has 0 radical (unpaired) electrons. The van der Waals surface area contributed by atoms with Crippen LogP contribution in [0.4, 0.5) is 17.1 Å². The fourth-order valence-corrected chi connectivity index (χ4v) is 8.32. The molecule has 0 amide bonds. The minimum absolute atomic E-state index is 0.0196. The van der Waals surface area contributed by atoms with Crippen molar-refractivity contribution >= 4 is 72.9 Å². The summed E-state index contributed by atoms with van der Waals surface area (Å²) >= 11 is 0. The van der Waals surface area contributed by atoms with E-state index in [0.717, 1.165) is 89.2 Å². The van der Waals surface area contributed by atoms with Crippen LogP contribution in [-0.4, -0.2) is 6.71 Å². The van der Waals surface area contributed by atoms with Crippen molar-refractivity contribution in [2.24, 2.45) is 0 Å². The summed E-state index contributed by atoms with van der Waals surface area (Å²) in [7, 11) is 0. The monoisotopic (exact) mass is 689 g/mol. The molecule has 258 valence electrons. The van der Waals surface area contributed by atoms with Crippen molar-refractivity contribution in [3.05, 3.63) is 145 Å². The van der Waals surface area contributed by atoms with Crippen molar-refractivity contribution in [3.8, 4) is 23.0 Å². The Morgan fingerprint density at radius 3 is 1.64 bits per heavy atom. The third kappa shape index (κ3) is 4.90. The predicted octanol–water partition coefficient (Wildman–Crippen LogP) is 11.5. The Morgan fingerprint density at radius 1 is 0.509 bits per heavy atom. The van der Waals surface area contributed by atoms with Gasteiger partial charge in [-0.2, -0.15) is 0 Å². The lowest BCUT2D eigenvalue weighted by molar-refractivity contribution is 0.461. The molecule has 0 N–H and O–H groups in total. The van der Waals surface area contributed by atoms with Crippen molar-refractivity contribution in [2.75, 3.05) is 4.90 Å². The van der Waals surface area contributed by atoms with Gasteiger partial charge in [-0.3, -0.25) is 0 Å². The number of hydrogen-bond acceptors (Lipinski definition) is 4. The highest BCUT2D eigenvalue weighted by molar-refractivity contribution is 6.98. The number of rotatable bonds is 3. The molecular weight excluding hydrogens is 649 g/mol. The molecule has 4 nitrogen and oxygen atoms in total. The lowest BCUT2D eigenvalue weighted by Gasteiger charge is -2.34. The number of anilines is 3. The smallest absolute Gasteiger partial charge is 0.260 e. The molecular formula is C48H40BNO3. The van der Waals surface area contributed by atoms with E-state index >= 15 is 0 Å². The van der Waals surface area contributed by atoms with Crippen molar-refractivity contribution in [1.82, 2.24) is 0 Å². The normalized spacial score (nSPS) is 13.4. The minimum Gasteiger partial charge on any atom is -0.458 e. The zero-order valence-corrected chi connectivity index (χ0v) is 31.0. The second-order valence-corrected chi connectivity index (χ2v) is 16.6. The van der Waals surface area contributed by atoms with Gasteiger partial charge in [-0.15, -0.1) is 0 Å². The van der Waals surface area contributed by atoms with E-state index in [2.05, 4.69) is 180 Å². The average molecular weight is 690 g/mol. The van der Waals surface area contributed by atoms with Crippen LogP contribution in [0.25, 0.3) is 32.7 Å². The first-order chi connectivity index (χ1) is 25.5. The van der Waals surface area contributed by atoms with Crippen LogP contribution in [0.1, 0.15) is 52.7 Å². The molecule has 8 aromatic rings. The Kier molecular flexibility index (Phi) is 6.76. The largest absolute Gasteiger partial charge is 0.458 e. The molecule has 3 heterocycles. The van der Waals surface area contributed by atoms with E-state index in [9.17, 15) is 0 Å². The van der Waals surface area contributed by atoms with Crippen molar-refractivity contribution < 1.29 is 13.9 Å². The fraction of sp³-hybridized carbons (Fsp3) is 0.167. The number of furan rings is 1. The number of hydrogen-bond donors (Lipinski definition) is 0. The van der Waals surface area contributed by atoms with Gasteiger partial charge in [0, 0.05) is 39.1 Å². The number of nitrogens with zero attached hydrogens (tertiary/aromatic N) is 1. The second-order valence-electron chi connectivity index (χ2n) is 16.6. The Hall–Kier alpha value is -5.94. The summed E-state index contributed by atoms with van der Waals surface area (Å²) in [6.45, 7) is 13.5. The third-order valence-corrected chi connectivity index (χ3v) is 11.1. The first-order valence-electron chi connectivity index (χ1n) is 18.5. The maximum absolute atomic E-state index is 7.05. The van der Waals surface area contributed by atoms with Gasteiger partial charge in [0.1, 0.15) is 22.8 Å². The molecule has 10 rings (SSSR count). The van der Waals surface area contributed by atoms with Crippen LogP contribution in [0.5, 0.6) is 23.0 Å². The molecule has 5 heteroatoms. The summed E-state index contributed by atoms with van der Waals surface area (Å²) in [5.41, 5.74) is 10.6. The van der Waals surface area contributed by atoms with Crippen LogP contribution in [0.3, 0.4) is 0 Å². The molecule has 7 aromatic carbocycles. The number of fused-ring (bicyclic) bond motifs is 10. The molecule has 1 aromatic heterocycles. The third-order valence-electron chi connectivity index (χ3n) is 11.1. The SMILES string of the molecule is CC(C)(C)c1ccc2c(c1)B1c3cc(C(C)(C)C)ccc3Oc3c1c(cc1c3oc3cc(N(c4ccccc4)c4ccccc4)c4ccccc4c31)O2. The number of benzene rings is 7. The van der Waals surface area contributed by atoms with E-state index in [-0.39, 0.29) is 17.5 Å². The lowest BCUT2D eigenvalue weighted by atomic mass is 9.34. The quantitative estimate of drug-likeness (QED) is 0.173. The summed E-state index contributed by atoms with van der Waals surface area (Å²) in [5, 5.41) is 4.26. The summed E-state index contributed by atoms with van der Waals surface area (Å²) in [5.74, 6) is 3.28. The van der Waals surface area contributed by atoms with E-state index < -0.39 is 0 Å². The van der Waals surface area contributed by atoms with Crippen LogP contribution < -0.4 is 30.8 Å². The Balaban J connectivity index is 1.27. The lowest BCUT2D eigenvalue weighted by Crippen LogP contribution is -2.57. The van der Waals surface area contributed by atoms with E-state index in [0.29, 0.717) is 0 Å². The molecule has 0 saturated heterocycles. The van der Waals surface area contributed by atoms with E-state index in [1.807, 2.05) is 0 Å². The van der Waals surface area contributed by atoms with Gasteiger partial charge >= 0.3 is 0 Å². The van der Waals surface area contributed by atoms with Gasteiger partial charge in [0.05, 0.1) is 5.69 Å². The number of para-hydroxylation sites is 2. The van der Waals surface area contributed by atoms with Crippen molar-refractivity contribution in [1.29, 1.82) is 0 Å². The second kappa shape index (κ2) is 11.3. The first-order valence-corrected chi connectivity index (χ1v) is 18.5. The topological polar surface area (TPSA) is 34.8 Å². The first kappa shape index (κ1) is 31.8. The van der Waals surface area contributed by atoms with Gasteiger partial charge in [-0.25, -0.2) is 0 Å². The molecule has 2 aliphatic heterocycles. The highest BCUT2D eigenvalue weighted by Gasteiger charge is 2.43. The fourth-order valence-electron chi connectivity index (χ4n) is 8.32. The van der Waals surface area contributed by atoms with E-state index in [4.69, 9.17) is 13.9 Å². The van der Waals surface area contributed by atoms with Crippen molar-refractivity contribution in [3.63, 3.8) is 0 Å². The Labute approximate surface area is 310 Å². The molecule has 0 fully saturated rings. The Bertz CT molecular complexity index is 2690. The van der Waals surface area contributed by atoms with Gasteiger partial charge in [0.2, 0.25) is 0 Å². The van der Waals surface area contributed by atoms with Gasteiger partial charge in [0.15, 0.2) is 11.3 Å². The predicted molar refractivity (Wildman–Crippen MR) is 221 cm³/mol. The van der Waals surface area contributed by atoms with Gasteiger partial charge in [-0.05, 0) is 80.7 Å². The molecule has 2 aliphatic rings. The summed E-state index contributed by atoms with van der Waals surface area (Å²) in [6, 6.07) is 47.5. The summed E-state index contributed by atoms with van der Waals surface area (Å²) in [6.07, 6.45) is 0. The van der Waals surface area contributed by atoms with Gasteiger partial charge < -0.3 is 18.8 Å². The zero-order chi connectivity index (χ0) is 36.2. The van der Waals surface area contributed by atoms with E-state index in [1.165, 1.54) is 11.1 Å².